The second-order valence-corrected chi connectivity index (χ2v) is 7.11. The van der Waals surface area contributed by atoms with Crippen LogP contribution < -0.4 is 0 Å². The van der Waals surface area contributed by atoms with Gasteiger partial charge in [0.05, 0.1) is 6.10 Å². The lowest BCUT2D eigenvalue weighted by Crippen LogP contribution is -2.46. The van der Waals surface area contributed by atoms with E-state index < -0.39 is 5.60 Å². The molecule has 0 bridgehead atoms. The number of benzene rings is 1. The van der Waals surface area contributed by atoms with Crippen LogP contribution in [0.1, 0.15) is 63.4 Å². The first-order valence-electron chi connectivity index (χ1n) is 9.18. The van der Waals surface area contributed by atoms with Gasteiger partial charge in [-0.2, -0.15) is 0 Å². The van der Waals surface area contributed by atoms with Crippen LogP contribution >= 0.6 is 0 Å². The van der Waals surface area contributed by atoms with Crippen molar-refractivity contribution in [2.24, 2.45) is 5.92 Å². The van der Waals surface area contributed by atoms with Crippen molar-refractivity contribution in [3.05, 3.63) is 35.9 Å². The minimum Gasteiger partial charge on any atom is -0.375 e. The number of rotatable bonds is 3. The van der Waals surface area contributed by atoms with E-state index in [1.807, 2.05) is 30.3 Å². The van der Waals surface area contributed by atoms with Gasteiger partial charge in [0.1, 0.15) is 0 Å². The summed E-state index contributed by atoms with van der Waals surface area (Å²) in [5.74, 6) is 6.95. The first-order valence-corrected chi connectivity index (χ1v) is 9.18. The molecule has 2 atom stereocenters. The predicted molar refractivity (Wildman–Crippen MR) is 93.1 cm³/mol. The van der Waals surface area contributed by atoms with Crippen molar-refractivity contribution in [3.8, 4) is 11.8 Å². The Morgan fingerprint density at radius 1 is 1.00 bits per heavy atom. The fourth-order valence-electron chi connectivity index (χ4n) is 3.80. The molecule has 0 aromatic heterocycles. The van der Waals surface area contributed by atoms with E-state index in [0.29, 0.717) is 5.92 Å². The Labute approximate surface area is 140 Å². The van der Waals surface area contributed by atoms with Crippen molar-refractivity contribution >= 4 is 0 Å². The molecule has 2 aliphatic rings. The molecule has 0 spiro atoms. The molecule has 0 unspecified atom stereocenters. The molecule has 0 radical (unpaired) electrons. The molecule has 2 saturated carbocycles. The number of hydrogen-bond donors (Lipinski definition) is 1. The average molecular weight is 312 g/mol. The van der Waals surface area contributed by atoms with E-state index >= 15 is 0 Å². The Morgan fingerprint density at radius 2 is 1.74 bits per heavy atom. The minimum absolute atomic E-state index is 0.130. The van der Waals surface area contributed by atoms with Gasteiger partial charge in [-0.15, -0.1) is 0 Å². The van der Waals surface area contributed by atoms with Crippen LogP contribution in [0, 0.1) is 17.8 Å². The molecule has 1 N–H and O–H groups in total. The molecule has 2 fully saturated rings. The lowest BCUT2D eigenvalue weighted by Gasteiger charge is -2.37. The van der Waals surface area contributed by atoms with Gasteiger partial charge in [0.15, 0.2) is 5.60 Å². The molecule has 0 amide bonds. The summed E-state index contributed by atoms with van der Waals surface area (Å²) in [5.41, 5.74) is -0.0273. The molecule has 3 rings (SSSR count). The summed E-state index contributed by atoms with van der Waals surface area (Å²) in [5, 5.41) is 11.0. The zero-order valence-corrected chi connectivity index (χ0v) is 14.0. The molecule has 2 aliphatic carbocycles. The van der Waals surface area contributed by atoms with Gasteiger partial charge in [-0.25, -0.2) is 0 Å². The summed E-state index contributed by atoms with van der Waals surface area (Å²) in [4.78, 5) is 0. The number of aliphatic hydroxyl groups is 1. The first kappa shape index (κ1) is 16.6. The fraction of sp³-hybridized carbons (Fsp3) is 0.619. The summed E-state index contributed by atoms with van der Waals surface area (Å²) in [6, 6.07) is 9.91. The van der Waals surface area contributed by atoms with Gasteiger partial charge < -0.3 is 9.84 Å². The van der Waals surface area contributed by atoms with Crippen LogP contribution in [-0.4, -0.2) is 23.4 Å². The van der Waals surface area contributed by atoms with Gasteiger partial charge in [-0.3, -0.25) is 0 Å². The molecule has 124 valence electrons. The van der Waals surface area contributed by atoms with E-state index in [4.69, 9.17) is 4.74 Å². The monoisotopic (exact) mass is 312 g/mol. The highest BCUT2D eigenvalue weighted by Gasteiger charge is 2.38. The van der Waals surface area contributed by atoms with E-state index in [-0.39, 0.29) is 6.10 Å². The van der Waals surface area contributed by atoms with E-state index in [1.54, 1.807) is 0 Å². The standard InChI is InChI=1S/C21H28O2/c22-21(16-14-18-9-3-1-4-10-18)15-8-7-13-20(21)23-17-19-11-5-2-6-12-19/h1,3-4,9-10,19-20,22H,2,5-8,11-13,15,17H2/t20-,21+/m1/s1. The molecule has 0 heterocycles. The van der Waals surface area contributed by atoms with Crippen LogP contribution in [0.3, 0.4) is 0 Å². The average Bonchev–Trinajstić information content (AvgIpc) is 2.61. The van der Waals surface area contributed by atoms with Gasteiger partial charge in [0.2, 0.25) is 0 Å². The lowest BCUT2D eigenvalue weighted by atomic mass is 9.82. The van der Waals surface area contributed by atoms with Crippen molar-refractivity contribution < 1.29 is 9.84 Å². The number of hydrogen-bond acceptors (Lipinski definition) is 2. The maximum atomic E-state index is 11.0. The molecule has 0 saturated heterocycles. The zero-order valence-electron chi connectivity index (χ0n) is 14.0. The quantitative estimate of drug-likeness (QED) is 0.843. The highest BCUT2D eigenvalue weighted by atomic mass is 16.5. The molecule has 2 nitrogen and oxygen atoms in total. The van der Waals surface area contributed by atoms with E-state index in [9.17, 15) is 5.11 Å². The second-order valence-electron chi connectivity index (χ2n) is 7.11. The Balaban J connectivity index is 1.63. The Hall–Kier alpha value is -1.30. The van der Waals surface area contributed by atoms with Crippen LogP contribution in [0.4, 0.5) is 0 Å². The Morgan fingerprint density at radius 3 is 2.52 bits per heavy atom. The Bertz CT molecular complexity index is 536. The zero-order chi connectivity index (χ0) is 16.0. The van der Waals surface area contributed by atoms with Gasteiger partial charge in [0, 0.05) is 12.2 Å². The molecular weight excluding hydrogens is 284 g/mol. The summed E-state index contributed by atoms with van der Waals surface area (Å²) in [6.45, 7) is 0.792. The van der Waals surface area contributed by atoms with Crippen LogP contribution in [-0.2, 0) is 4.74 Å². The van der Waals surface area contributed by atoms with Crippen LogP contribution in [0.15, 0.2) is 30.3 Å². The normalized spacial score (nSPS) is 28.8. The van der Waals surface area contributed by atoms with Gasteiger partial charge in [-0.1, -0.05) is 55.7 Å². The van der Waals surface area contributed by atoms with Crippen molar-refractivity contribution in [1.82, 2.24) is 0 Å². The highest BCUT2D eigenvalue weighted by Crippen LogP contribution is 2.32. The van der Waals surface area contributed by atoms with Gasteiger partial charge >= 0.3 is 0 Å². The summed E-state index contributed by atoms with van der Waals surface area (Å²) in [6.07, 6.45) is 10.3. The SMILES string of the molecule is O[C@]1(C#Cc2ccccc2)CCCC[C@H]1OCC1CCCCC1. The summed E-state index contributed by atoms with van der Waals surface area (Å²) >= 11 is 0. The molecular formula is C21H28O2. The molecule has 23 heavy (non-hydrogen) atoms. The van der Waals surface area contributed by atoms with E-state index in [2.05, 4.69) is 11.8 Å². The summed E-state index contributed by atoms with van der Waals surface area (Å²) in [7, 11) is 0. The maximum Gasteiger partial charge on any atom is 0.151 e. The largest absolute Gasteiger partial charge is 0.375 e. The molecule has 2 heteroatoms. The Kier molecular flexibility index (Phi) is 5.75. The number of ether oxygens (including phenoxy) is 1. The van der Waals surface area contributed by atoms with Gasteiger partial charge in [-0.05, 0) is 50.2 Å². The molecule has 1 aromatic rings. The third kappa shape index (κ3) is 4.59. The van der Waals surface area contributed by atoms with Crippen molar-refractivity contribution in [1.29, 1.82) is 0 Å². The van der Waals surface area contributed by atoms with Crippen molar-refractivity contribution in [2.45, 2.75) is 69.5 Å². The van der Waals surface area contributed by atoms with E-state index in [1.165, 1.54) is 32.1 Å². The fourth-order valence-corrected chi connectivity index (χ4v) is 3.80. The van der Waals surface area contributed by atoms with Crippen molar-refractivity contribution in [2.75, 3.05) is 6.61 Å². The third-order valence-corrected chi connectivity index (χ3v) is 5.26. The second kappa shape index (κ2) is 7.99. The van der Waals surface area contributed by atoms with Crippen molar-refractivity contribution in [3.63, 3.8) is 0 Å². The van der Waals surface area contributed by atoms with Crippen LogP contribution in [0.5, 0.6) is 0 Å². The smallest absolute Gasteiger partial charge is 0.151 e. The maximum absolute atomic E-state index is 11.0. The minimum atomic E-state index is -0.983. The van der Waals surface area contributed by atoms with Crippen LogP contribution in [0.25, 0.3) is 0 Å². The first-order chi connectivity index (χ1) is 11.3. The molecule has 0 aliphatic heterocycles. The van der Waals surface area contributed by atoms with E-state index in [0.717, 1.165) is 37.9 Å². The van der Waals surface area contributed by atoms with Gasteiger partial charge in [0.25, 0.3) is 0 Å². The summed E-state index contributed by atoms with van der Waals surface area (Å²) < 4.78 is 6.17. The van der Waals surface area contributed by atoms with Crippen LogP contribution in [0.2, 0.25) is 0 Å². The highest BCUT2D eigenvalue weighted by molar-refractivity contribution is 5.36. The topological polar surface area (TPSA) is 29.5 Å². The predicted octanol–water partition coefficient (Wildman–Crippen LogP) is 4.31. The third-order valence-electron chi connectivity index (χ3n) is 5.26. The lowest BCUT2D eigenvalue weighted by molar-refractivity contribution is -0.107. The molecule has 1 aromatic carbocycles.